The molecule has 0 aromatic carbocycles. The van der Waals surface area contributed by atoms with Gasteiger partial charge in [-0.25, -0.2) is 0 Å². The molecule has 24 heavy (non-hydrogen) atoms. The largest absolute Gasteiger partial charge is 0.462 e. The smallest absolute Gasteiger partial charge is 0.305 e. The standard InChI is InChI=1S/C16H30O4.C4H8/c1-3-5-7-9-11-15(17)19-13-14-20-16(18)12-10-8-6-4-2;1-2-4-3-1/h3-14H2,1-2H3;1-4H2. The first-order valence-corrected chi connectivity index (χ1v) is 10.0. The van der Waals surface area contributed by atoms with E-state index in [2.05, 4.69) is 13.8 Å². The van der Waals surface area contributed by atoms with Crippen LogP contribution in [-0.4, -0.2) is 25.2 Å². The lowest BCUT2D eigenvalue weighted by molar-refractivity contribution is -0.152. The molecule has 0 bridgehead atoms. The molecular formula is C20H38O4. The Balaban J connectivity index is 0.00000114. The van der Waals surface area contributed by atoms with Crippen molar-refractivity contribution < 1.29 is 19.1 Å². The molecule has 142 valence electrons. The molecule has 0 amide bonds. The van der Waals surface area contributed by atoms with Gasteiger partial charge in [0.1, 0.15) is 13.2 Å². The monoisotopic (exact) mass is 342 g/mol. The Morgan fingerprint density at radius 2 is 1.00 bits per heavy atom. The molecule has 0 radical (unpaired) electrons. The lowest BCUT2D eigenvalue weighted by atomic mass is 10.0. The van der Waals surface area contributed by atoms with Crippen molar-refractivity contribution >= 4 is 11.9 Å². The second-order valence-electron chi connectivity index (χ2n) is 6.48. The fourth-order valence-corrected chi connectivity index (χ4v) is 2.10. The number of carbonyl (C=O) groups is 2. The quantitative estimate of drug-likeness (QED) is 0.324. The first kappa shape index (κ1) is 22.9. The third kappa shape index (κ3) is 17.3. The molecule has 0 heterocycles. The number of rotatable bonds is 13. The zero-order valence-electron chi connectivity index (χ0n) is 15.9. The molecule has 1 aliphatic rings. The minimum Gasteiger partial charge on any atom is -0.462 e. The second kappa shape index (κ2) is 18.3. The Bertz CT molecular complexity index is 268. The third-order valence-corrected chi connectivity index (χ3v) is 4.08. The van der Waals surface area contributed by atoms with Crippen molar-refractivity contribution in [2.75, 3.05) is 13.2 Å². The lowest BCUT2D eigenvalue weighted by Gasteiger charge is -2.06. The van der Waals surface area contributed by atoms with Gasteiger partial charge in [0.2, 0.25) is 0 Å². The predicted molar refractivity (Wildman–Crippen MR) is 97.9 cm³/mol. The normalized spacial score (nSPS) is 12.6. The Kier molecular flexibility index (Phi) is 17.5. The highest BCUT2D eigenvalue weighted by Gasteiger charge is 2.05. The van der Waals surface area contributed by atoms with Crippen molar-refractivity contribution in [2.45, 2.75) is 104 Å². The second-order valence-corrected chi connectivity index (χ2v) is 6.48. The Morgan fingerprint density at radius 3 is 1.29 bits per heavy atom. The van der Waals surface area contributed by atoms with Gasteiger partial charge >= 0.3 is 11.9 Å². The summed E-state index contributed by atoms with van der Waals surface area (Å²) in [4.78, 5) is 22.7. The summed E-state index contributed by atoms with van der Waals surface area (Å²) < 4.78 is 10.00. The highest BCUT2D eigenvalue weighted by atomic mass is 16.6. The first-order chi connectivity index (χ1) is 11.7. The number of esters is 2. The SMILES string of the molecule is C1CCC1.CCCCCCC(=O)OCCOC(=O)CCCCCC. The number of carbonyl (C=O) groups excluding carboxylic acids is 2. The minimum absolute atomic E-state index is 0.174. The van der Waals surface area contributed by atoms with E-state index >= 15 is 0 Å². The topological polar surface area (TPSA) is 52.6 Å². The van der Waals surface area contributed by atoms with Crippen molar-refractivity contribution in [3.8, 4) is 0 Å². The number of hydrogen-bond acceptors (Lipinski definition) is 4. The van der Waals surface area contributed by atoms with E-state index in [4.69, 9.17) is 9.47 Å². The Labute approximate surface area is 148 Å². The average molecular weight is 343 g/mol. The molecule has 0 aliphatic heterocycles. The van der Waals surface area contributed by atoms with E-state index in [1.54, 1.807) is 0 Å². The van der Waals surface area contributed by atoms with Crippen molar-refractivity contribution in [1.29, 1.82) is 0 Å². The molecule has 4 nitrogen and oxygen atoms in total. The van der Waals surface area contributed by atoms with Gasteiger partial charge in [0.15, 0.2) is 0 Å². The first-order valence-electron chi connectivity index (χ1n) is 10.0. The molecule has 0 atom stereocenters. The number of hydrogen-bond donors (Lipinski definition) is 0. The fourth-order valence-electron chi connectivity index (χ4n) is 2.10. The summed E-state index contributed by atoms with van der Waals surface area (Å²) in [6.45, 7) is 4.62. The summed E-state index contributed by atoms with van der Waals surface area (Å²) in [5.74, 6) is -0.389. The predicted octanol–water partition coefficient (Wildman–Crippen LogP) is 5.57. The summed E-state index contributed by atoms with van der Waals surface area (Å²) in [5.41, 5.74) is 0. The summed E-state index contributed by atoms with van der Waals surface area (Å²) in [6, 6.07) is 0. The van der Waals surface area contributed by atoms with E-state index in [9.17, 15) is 9.59 Å². The maximum Gasteiger partial charge on any atom is 0.305 e. The van der Waals surface area contributed by atoms with E-state index in [1.807, 2.05) is 0 Å². The van der Waals surface area contributed by atoms with Crippen LogP contribution in [0.15, 0.2) is 0 Å². The third-order valence-electron chi connectivity index (χ3n) is 4.08. The van der Waals surface area contributed by atoms with E-state index < -0.39 is 0 Å². The molecule has 1 rings (SSSR count). The van der Waals surface area contributed by atoms with E-state index in [0.29, 0.717) is 12.8 Å². The van der Waals surface area contributed by atoms with Crippen LogP contribution in [0.25, 0.3) is 0 Å². The molecule has 1 aliphatic carbocycles. The maximum atomic E-state index is 11.3. The van der Waals surface area contributed by atoms with E-state index in [1.165, 1.54) is 25.7 Å². The van der Waals surface area contributed by atoms with E-state index in [0.717, 1.165) is 51.4 Å². The zero-order valence-corrected chi connectivity index (χ0v) is 15.9. The molecule has 0 saturated heterocycles. The van der Waals surface area contributed by atoms with Crippen LogP contribution >= 0.6 is 0 Å². The van der Waals surface area contributed by atoms with Gasteiger partial charge in [-0.05, 0) is 12.8 Å². The molecular weight excluding hydrogens is 304 g/mol. The highest BCUT2D eigenvalue weighted by Crippen LogP contribution is 2.15. The van der Waals surface area contributed by atoms with Crippen molar-refractivity contribution in [3.05, 3.63) is 0 Å². The average Bonchev–Trinajstić information content (AvgIpc) is 2.51. The van der Waals surface area contributed by atoms with Gasteiger partial charge < -0.3 is 9.47 Å². The molecule has 0 unspecified atom stereocenters. The van der Waals surface area contributed by atoms with E-state index in [-0.39, 0.29) is 25.2 Å². The van der Waals surface area contributed by atoms with Crippen LogP contribution in [0, 0.1) is 0 Å². The number of ether oxygens (including phenoxy) is 2. The molecule has 1 saturated carbocycles. The highest BCUT2D eigenvalue weighted by molar-refractivity contribution is 5.70. The summed E-state index contributed by atoms with van der Waals surface area (Å²) in [6.07, 6.45) is 15.4. The van der Waals surface area contributed by atoms with Crippen LogP contribution in [-0.2, 0) is 19.1 Å². The van der Waals surface area contributed by atoms with Crippen molar-refractivity contribution in [1.82, 2.24) is 0 Å². The van der Waals surface area contributed by atoms with Gasteiger partial charge in [-0.15, -0.1) is 0 Å². The minimum atomic E-state index is -0.194. The molecule has 1 fully saturated rings. The zero-order chi connectivity index (χ0) is 17.9. The van der Waals surface area contributed by atoms with Crippen LogP contribution in [0.2, 0.25) is 0 Å². The molecule has 0 aromatic rings. The van der Waals surface area contributed by atoms with Gasteiger partial charge in [-0.3, -0.25) is 9.59 Å². The summed E-state index contributed by atoms with van der Waals surface area (Å²) >= 11 is 0. The van der Waals surface area contributed by atoms with Crippen LogP contribution in [0.3, 0.4) is 0 Å². The van der Waals surface area contributed by atoms with Crippen LogP contribution in [0.4, 0.5) is 0 Å². The van der Waals surface area contributed by atoms with Gasteiger partial charge in [-0.2, -0.15) is 0 Å². The molecule has 4 heteroatoms. The van der Waals surface area contributed by atoms with Gasteiger partial charge in [-0.1, -0.05) is 78.1 Å². The lowest BCUT2D eigenvalue weighted by Crippen LogP contribution is -2.13. The van der Waals surface area contributed by atoms with Crippen LogP contribution in [0.5, 0.6) is 0 Å². The van der Waals surface area contributed by atoms with Crippen molar-refractivity contribution in [2.24, 2.45) is 0 Å². The van der Waals surface area contributed by atoms with Gasteiger partial charge in [0.05, 0.1) is 0 Å². The van der Waals surface area contributed by atoms with Crippen LogP contribution in [0.1, 0.15) is 104 Å². The molecule has 0 spiro atoms. The maximum absolute atomic E-state index is 11.3. The molecule has 0 N–H and O–H groups in total. The van der Waals surface area contributed by atoms with Gasteiger partial charge in [0, 0.05) is 12.8 Å². The summed E-state index contributed by atoms with van der Waals surface area (Å²) in [7, 11) is 0. The number of unbranched alkanes of at least 4 members (excludes halogenated alkanes) is 6. The molecule has 0 aromatic heterocycles. The Hall–Kier alpha value is -1.06. The summed E-state index contributed by atoms with van der Waals surface area (Å²) in [5, 5.41) is 0. The fraction of sp³-hybridized carbons (Fsp3) is 0.900. The van der Waals surface area contributed by atoms with Crippen molar-refractivity contribution in [3.63, 3.8) is 0 Å². The van der Waals surface area contributed by atoms with Crippen LogP contribution < -0.4 is 0 Å². The van der Waals surface area contributed by atoms with Gasteiger partial charge in [0.25, 0.3) is 0 Å². The Morgan fingerprint density at radius 1 is 0.625 bits per heavy atom.